The van der Waals surface area contributed by atoms with Crippen LogP contribution in [0, 0.1) is 0 Å². The topological polar surface area (TPSA) is 114 Å². The van der Waals surface area contributed by atoms with E-state index in [9.17, 15) is 9.59 Å². The Hall–Kier alpha value is -2.90. The minimum atomic E-state index is -1.02. The van der Waals surface area contributed by atoms with Crippen LogP contribution in [0.15, 0.2) is 48.5 Å². The molecule has 7 heteroatoms. The van der Waals surface area contributed by atoms with Gasteiger partial charge in [0.2, 0.25) is 0 Å². The molecule has 0 bridgehead atoms. The molecule has 26 heavy (non-hydrogen) atoms. The van der Waals surface area contributed by atoms with Crippen molar-refractivity contribution in [1.82, 2.24) is 5.32 Å². The summed E-state index contributed by atoms with van der Waals surface area (Å²) in [7, 11) is 1.55. The van der Waals surface area contributed by atoms with Crippen LogP contribution in [0.3, 0.4) is 0 Å². The number of aliphatic carboxylic acids is 1. The normalized spacial score (nSPS) is 11.6. The second-order valence-electron chi connectivity index (χ2n) is 5.75. The van der Waals surface area contributed by atoms with E-state index in [-0.39, 0.29) is 5.91 Å². The van der Waals surface area contributed by atoms with Crippen molar-refractivity contribution in [2.75, 3.05) is 19.0 Å². The van der Waals surface area contributed by atoms with Gasteiger partial charge in [-0.25, -0.2) is 0 Å². The van der Waals surface area contributed by atoms with Crippen LogP contribution in [0.5, 0.6) is 5.75 Å². The van der Waals surface area contributed by atoms with Gasteiger partial charge in [-0.15, -0.1) is 0 Å². The summed E-state index contributed by atoms with van der Waals surface area (Å²) in [6.45, 7) is 0.951. The summed E-state index contributed by atoms with van der Waals surface area (Å²) in [5.41, 5.74) is 7.56. The zero-order valence-corrected chi connectivity index (χ0v) is 14.6. The van der Waals surface area contributed by atoms with Gasteiger partial charge in [0.15, 0.2) is 0 Å². The zero-order chi connectivity index (χ0) is 18.9. The summed E-state index contributed by atoms with van der Waals surface area (Å²) in [6.07, 6.45) is 0.327. The first kappa shape index (κ1) is 19.4. The first-order valence-electron chi connectivity index (χ1n) is 8.23. The lowest BCUT2D eigenvalue weighted by molar-refractivity contribution is -0.138. The van der Waals surface area contributed by atoms with Gasteiger partial charge in [-0.3, -0.25) is 9.59 Å². The number of carbonyl (C=O) groups is 2. The highest BCUT2D eigenvalue weighted by atomic mass is 16.5. The van der Waals surface area contributed by atoms with Crippen LogP contribution in [-0.2, 0) is 11.3 Å². The summed E-state index contributed by atoms with van der Waals surface area (Å²) >= 11 is 0. The van der Waals surface area contributed by atoms with Crippen molar-refractivity contribution >= 4 is 17.6 Å². The van der Waals surface area contributed by atoms with Crippen LogP contribution >= 0.6 is 0 Å². The molecule has 2 rings (SSSR count). The van der Waals surface area contributed by atoms with Crippen molar-refractivity contribution < 1.29 is 19.4 Å². The van der Waals surface area contributed by atoms with Gasteiger partial charge < -0.3 is 26.2 Å². The molecule has 0 radical (unpaired) electrons. The van der Waals surface area contributed by atoms with Crippen molar-refractivity contribution in [3.8, 4) is 5.75 Å². The molecule has 1 atom stereocenters. The lowest BCUT2D eigenvalue weighted by Crippen LogP contribution is -2.33. The fourth-order valence-corrected chi connectivity index (χ4v) is 2.36. The Kier molecular flexibility index (Phi) is 7.13. The van der Waals surface area contributed by atoms with E-state index < -0.39 is 12.0 Å². The van der Waals surface area contributed by atoms with E-state index in [1.807, 2.05) is 24.3 Å². The van der Waals surface area contributed by atoms with E-state index in [1.165, 1.54) is 0 Å². The molecule has 2 aromatic carbocycles. The summed E-state index contributed by atoms with van der Waals surface area (Å²) in [5.74, 6) is -0.635. The number of benzene rings is 2. The van der Waals surface area contributed by atoms with Crippen LogP contribution in [0.4, 0.5) is 5.69 Å². The standard InChI is InChI=1S/C19H23N3O4/c1-26-15-7-4-6-13(11-15)18(23)22-17-8-3-2-5-14(17)12-21-10-9-16(20)19(24)25/h2-8,11,16,21H,9-10,12,20H2,1H3,(H,22,23)(H,24,25). The first-order chi connectivity index (χ1) is 12.5. The highest BCUT2D eigenvalue weighted by Gasteiger charge is 2.12. The maximum atomic E-state index is 12.5. The van der Waals surface area contributed by atoms with Crippen molar-refractivity contribution in [2.24, 2.45) is 5.73 Å². The zero-order valence-electron chi connectivity index (χ0n) is 14.6. The molecule has 7 nitrogen and oxygen atoms in total. The van der Waals surface area contributed by atoms with Crippen molar-refractivity contribution in [2.45, 2.75) is 19.0 Å². The molecule has 1 unspecified atom stereocenters. The monoisotopic (exact) mass is 357 g/mol. The van der Waals surface area contributed by atoms with Crippen molar-refractivity contribution in [1.29, 1.82) is 0 Å². The predicted octanol–water partition coefficient (Wildman–Crippen LogP) is 1.84. The largest absolute Gasteiger partial charge is 0.497 e. The van der Waals surface area contributed by atoms with Crippen LogP contribution in [0.1, 0.15) is 22.3 Å². The number of carbonyl (C=O) groups excluding carboxylic acids is 1. The quantitative estimate of drug-likeness (QED) is 0.509. The van der Waals surface area contributed by atoms with Crippen molar-refractivity contribution in [3.05, 3.63) is 59.7 Å². The van der Waals surface area contributed by atoms with E-state index >= 15 is 0 Å². The molecular weight excluding hydrogens is 334 g/mol. The number of carboxylic acids is 1. The fraction of sp³-hybridized carbons (Fsp3) is 0.263. The van der Waals surface area contributed by atoms with Gasteiger partial charge in [-0.1, -0.05) is 24.3 Å². The number of rotatable bonds is 9. The van der Waals surface area contributed by atoms with Crippen LogP contribution in [0.25, 0.3) is 0 Å². The average Bonchev–Trinajstić information content (AvgIpc) is 2.66. The van der Waals surface area contributed by atoms with E-state index in [0.29, 0.717) is 36.5 Å². The molecule has 0 saturated carbocycles. The second kappa shape index (κ2) is 9.55. The third kappa shape index (κ3) is 5.58. The highest BCUT2D eigenvalue weighted by molar-refractivity contribution is 6.04. The van der Waals surface area contributed by atoms with Gasteiger partial charge in [0.05, 0.1) is 7.11 Å². The Balaban J connectivity index is 1.97. The number of hydrogen-bond acceptors (Lipinski definition) is 5. The number of nitrogens with two attached hydrogens (primary N) is 1. The summed E-state index contributed by atoms with van der Waals surface area (Å²) in [6, 6.07) is 13.5. The molecule has 138 valence electrons. The van der Waals surface area contributed by atoms with Gasteiger partial charge >= 0.3 is 5.97 Å². The van der Waals surface area contributed by atoms with Crippen LogP contribution in [-0.4, -0.2) is 36.7 Å². The molecule has 0 aliphatic rings. The molecule has 0 spiro atoms. The maximum absolute atomic E-state index is 12.5. The molecule has 0 aliphatic carbocycles. The SMILES string of the molecule is COc1cccc(C(=O)Nc2ccccc2CNCCC(N)C(=O)O)c1. The third-order valence-electron chi connectivity index (χ3n) is 3.86. The van der Waals surface area contributed by atoms with E-state index in [4.69, 9.17) is 15.6 Å². The van der Waals surface area contributed by atoms with Crippen LogP contribution in [0.2, 0.25) is 0 Å². The summed E-state index contributed by atoms with van der Waals surface area (Å²) < 4.78 is 5.14. The lowest BCUT2D eigenvalue weighted by Gasteiger charge is -2.13. The number of hydrogen-bond donors (Lipinski definition) is 4. The number of nitrogens with one attached hydrogen (secondary N) is 2. The minimum absolute atomic E-state index is 0.232. The Morgan fingerprint density at radius 1 is 1.19 bits per heavy atom. The van der Waals surface area contributed by atoms with Crippen LogP contribution < -0.4 is 21.1 Å². The van der Waals surface area contributed by atoms with Gasteiger partial charge in [0.1, 0.15) is 11.8 Å². The Morgan fingerprint density at radius 3 is 2.69 bits per heavy atom. The predicted molar refractivity (Wildman–Crippen MR) is 99.3 cm³/mol. The Morgan fingerprint density at radius 2 is 1.96 bits per heavy atom. The highest BCUT2D eigenvalue weighted by Crippen LogP contribution is 2.18. The summed E-state index contributed by atoms with van der Waals surface area (Å²) in [4.78, 5) is 23.2. The molecule has 5 N–H and O–H groups in total. The first-order valence-corrected chi connectivity index (χ1v) is 8.23. The third-order valence-corrected chi connectivity index (χ3v) is 3.86. The second-order valence-corrected chi connectivity index (χ2v) is 5.75. The number of methoxy groups -OCH3 is 1. The number of ether oxygens (including phenoxy) is 1. The number of amides is 1. The molecule has 0 saturated heterocycles. The average molecular weight is 357 g/mol. The minimum Gasteiger partial charge on any atom is -0.497 e. The fourth-order valence-electron chi connectivity index (χ4n) is 2.36. The van der Waals surface area contributed by atoms with Gasteiger partial charge in [0, 0.05) is 17.8 Å². The summed E-state index contributed by atoms with van der Waals surface area (Å²) in [5, 5.41) is 14.8. The van der Waals surface area contributed by atoms with Crippen molar-refractivity contribution in [3.63, 3.8) is 0 Å². The van der Waals surface area contributed by atoms with Gasteiger partial charge in [0.25, 0.3) is 5.91 Å². The molecule has 0 aromatic heterocycles. The molecular formula is C19H23N3O4. The van der Waals surface area contributed by atoms with Gasteiger partial charge in [-0.2, -0.15) is 0 Å². The van der Waals surface area contributed by atoms with E-state index in [0.717, 1.165) is 5.56 Å². The van der Waals surface area contributed by atoms with Gasteiger partial charge in [-0.05, 0) is 42.8 Å². The Bertz CT molecular complexity index is 764. The molecule has 1 amide bonds. The number of carboxylic acid groups (broad SMARTS) is 1. The molecule has 0 heterocycles. The van der Waals surface area contributed by atoms with E-state index in [2.05, 4.69) is 10.6 Å². The van der Waals surface area contributed by atoms with E-state index in [1.54, 1.807) is 31.4 Å². The molecule has 0 aliphatic heterocycles. The maximum Gasteiger partial charge on any atom is 0.320 e. The molecule has 0 fully saturated rings. The number of anilines is 1. The Labute approximate surface area is 152 Å². The molecule has 2 aromatic rings. The number of para-hydroxylation sites is 1. The smallest absolute Gasteiger partial charge is 0.320 e. The lowest BCUT2D eigenvalue weighted by atomic mass is 10.1.